The van der Waals surface area contributed by atoms with E-state index >= 15 is 0 Å². The minimum Gasteiger partial charge on any atom is -0.370 e. The maximum absolute atomic E-state index is 6.14. The molecule has 0 N–H and O–H groups in total. The molecule has 1 aliphatic rings. The van der Waals surface area contributed by atoms with Crippen LogP contribution < -0.4 is 0 Å². The Morgan fingerprint density at radius 2 is 1.60 bits per heavy atom. The second-order valence-corrected chi connectivity index (χ2v) is 5.37. The van der Waals surface area contributed by atoms with Crippen LogP contribution in [-0.4, -0.2) is 6.10 Å². The van der Waals surface area contributed by atoms with E-state index in [9.17, 15) is 0 Å². The van der Waals surface area contributed by atoms with Gasteiger partial charge in [0.05, 0.1) is 12.2 Å². The Balaban J connectivity index is 2.12. The van der Waals surface area contributed by atoms with E-state index in [1.165, 1.54) is 11.1 Å². The first-order valence-corrected chi connectivity index (χ1v) is 7.08. The van der Waals surface area contributed by atoms with Crippen molar-refractivity contribution in [3.63, 3.8) is 0 Å². The number of benzene rings is 2. The minimum absolute atomic E-state index is 0.0712. The molecular formula is C19H18O. The second kappa shape index (κ2) is 5.53. The van der Waals surface area contributed by atoms with Gasteiger partial charge in [0, 0.05) is 17.5 Å². The molecule has 0 aromatic heterocycles. The highest BCUT2D eigenvalue weighted by molar-refractivity contribution is 5.52. The van der Waals surface area contributed by atoms with Crippen LogP contribution in [-0.2, 0) is 11.2 Å². The van der Waals surface area contributed by atoms with Crippen LogP contribution >= 0.6 is 0 Å². The number of fused-ring (bicyclic) bond motifs is 2. The maximum Gasteiger partial charge on any atom is 0.0881 e. The molecule has 1 heteroatoms. The van der Waals surface area contributed by atoms with Crippen molar-refractivity contribution in [1.29, 1.82) is 0 Å². The lowest BCUT2D eigenvalue weighted by atomic mass is 9.92. The summed E-state index contributed by atoms with van der Waals surface area (Å²) in [4.78, 5) is 0. The fourth-order valence-corrected chi connectivity index (χ4v) is 2.61. The SMILES string of the molecule is CC(C)OC1Cc2ccccc2C#Cc2ccccc21. The molecule has 3 rings (SSSR count). The highest BCUT2D eigenvalue weighted by Gasteiger charge is 2.19. The molecule has 1 unspecified atom stereocenters. The second-order valence-electron chi connectivity index (χ2n) is 5.37. The highest BCUT2D eigenvalue weighted by Crippen LogP contribution is 2.29. The summed E-state index contributed by atoms with van der Waals surface area (Å²) in [5.74, 6) is 6.58. The largest absolute Gasteiger partial charge is 0.370 e. The number of ether oxygens (including phenoxy) is 1. The van der Waals surface area contributed by atoms with Crippen molar-refractivity contribution >= 4 is 0 Å². The van der Waals surface area contributed by atoms with Crippen LogP contribution in [0.3, 0.4) is 0 Å². The van der Waals surface area contributed by atoms with Crippen molar-refractivity contribution in [2.75, 3.05) is 0 Å². The molecule has 1 nitrogen and oxygen atoms in total. The third-order valence-electron chi connectivity index (χ3n) is 3.50. The van der Waals surface area contributed by atoms with Crippen molar-refractivity contribution < 1.29 is 4.74 Å². The van der Waals surface area contributed by atoms with E-state index in [0.29, 0.717) is 0 Å². The van der Waals surface area contributed by atoms with E-state index in [2.05, 4.69) is 62.1 Å². The quantitative estimate of drug-likeness (QED) is 0.740. The molecule has 0 bridgehead atoms. The zero-order valence-corrected chi connectivity index (χ0v) is 11.9. The molecule has 100 valence electrons. The molecular weight excluding hydrogens is 244 g/mol. The molecule has 0 radical (unpaired) electrons. The maximum atomic E-state index is 6.14. The van der Waals surface area contributed by atoms with Gasteiger partial charge in [-0.05, 0) is 37.1 Å². The van der Waals surface area contributed by atoms with Gasteiger partial charge in [-0.2, -0.15) is 0 Å². The average Bonchev–Trinajstić information content (AvgIpc) is 2.43. The van der Waals surface area contributed by atoms with Gasteiger partial charge in [0.15, 0.2) is 0 Å². The fourth-order valence-electron chi connectivity index (χ4n) is 2.61. The molecule has 0 amide bonds. The Kier molecular flexibility index (Phi) is 3.58. The van der Waals surface area contributed by atoms with E-state index in [0.717, 1.165) is 17.5 Å². The monoisotopic (exact) mass is 262 g/mol. The molecule has 0 fully saturated rings. The normalized spacial score (nSPS) is 16.4. The topological polar surface area (TPSA) is 9.23 Å². The Hall–Kier alpha value is -2.04. The number of rotatable bonds is 2. The van der Waals surface area contributed by atoms with Gasteiger partial charge in [-0.3, -0.25) is 0 Å². The molecule has 1 atom stereocenters. The van der Waals surface area contributed by atoms with Gasteiger partial charge in [-0.25, -0.2) is 0 Å². The minimum atomic E-state index is 0.0712. The highest BCUT2D eigenvalue weighted by atomic mass is 16.5. The van der Waals surface area contributed by atoms with E-state index < -0.39 is 0 Å². The molecule has 0 spiro atoms. The Labute approximate surface area is 120 Å². The van der Waals surface area contributed by atoms with E-state index in [1.54, 1.807) is 0 Å². The van der Waals surface area contributed by atoms with Crippen LogP contribution in [0, 0.1) is 11.8 Å². The van der Waals surface area contributed by atoms with Gasteiger partial charge in [-0.15, -0.1) is 0 Å². The third kappa shape index (κ3) is 2.61. The van der Waals surface area contributed by atoms with Crippen LogP contribution in [0.4, 0.5) is 0 Å². The predicted octanol–water partition coefficient (Wildman–Crippen LogP) is 4.11. The number of hydrogen-bond acceptors (Lipinski definition) is 1. The Morgan fingerprint density at radius 1 is 0.950 bits per heavy atom. The zero-order chi connectivity index (χ0) is 13.9. The van der Waals surface area contributed by atoms with Crippen molar-refractivity contribution in [2.24, 2.45) is 0 Å². The smallest absolute Gasteiger partial charge is 0.0881 e. The summed E-state index contributed by atoms with van der Waals surface area (Å²) >= 11 is 0. The van der Waals surface area contributed by atoms with Gasteiger partial charge in [-0.1, -0.05) is 48.2 Å². The standard InChI is InChI=1S/C19H18O/c1-14(2)20-19-13-17-9-4-3-7-15(17)11-12-16-8-5-6-10-18(16)19/h3-10,14,19H,13H2,1-2H3. The lowest BCUT2D eigenvalue weighted by Gasteiger charge is -2.23. The lowest BCUT2D eigenvalue weighted by Crippen LogP contribution is -2.15. The first-order chi connectivity index (χ1) is 9.74. The Bertz CT molecular complexity index is 673. The molecule has 0 aliphatic heterocycles. The first kappa shape index (κ1) is 13.0. The first-order valence-electron chi connectivity index (χ1n) is 7.08. The van der Waals surface area contributed by atoms with Crippen LogP contribution in [0.2, 0.25) is 0 Å². The van der Waals surface area contributed by atoms with E-state index in [4.69, 9.17) is 4.74 Å². The summed E-state index contributed by atoms with van der Waals surface area (Å²) < 4.78 is 6.14. The van der Waals surface area contributed by atoms with Gasteiger partial charge >= 0.3 is 0 Å². The summed E-state index contributed by atoms with van der Waals surface area (Å²) in [5, 5.41) is 0. The van der Waals surface area contributed by atoms with Crippen LogP contribution in [0.1, 0.15) is 42.2 Å². The van der Waals surface area contributed by atoms with Crippen molar-refractivity contribution in [2.45, 2.75) is 32.5 Å². The summed E-state index contributed by atoms with van der Waals surface area (Å²) in [6.07, 6.45) is 1.15. The molecule has 0 heterocycles. The van der Waals surface area contributed by atoms with E-state index in [1.807, 2.05) is 12.1 Å². The summed E-state index contributed by atoms with van der Waals surface area (Å²) in [5.41, 5.74) is 4.65. The van der Waals surface area contributed by atoms with Gasteiger partial charge in [0.1, 0.15) is 0 Å². The zero-order valence-electron chi connectivity index (χ0n) is 11.9. The summed E-state index contributed by atoms with van der Waals surface area (Å²) in [7, 11) is 0. The van der Waals surface area contributed by atoms with Crippen molar-refractivity contribution in [1.82, 2.24) is 0 Å². The molecule has 0 saturated carbocycles. The molecule has 2 aromatic rings. The third-order valence-corrected chi connectivity index (χ3v) is 3.50. The summed E-state index contributed by atoms with van der Waals surface area (Å²) in [6, 6.07) is 16.6. The van der Waals surface area contributed by atoms with Crippen LogP contribution in [0.25, 0.3) is 0 Å². The molecule has 20 heavy (non-hydrogen) atoms. The predicted molar refractivity (Wildman–Crippen MR) is 81.5 cm³/mol. The van der Waals surface area contributed by atoms with Crippen LogP contribution in [0.15, 0.2) is 48.5 Å². The number of hydrogen-bond donors (Lipinski definition) is 0. The van der Waals surface area contributed by atoms with Gasteiger partial charge in [0.25, 0.3) is 0 Å². The van der Waals surface area contributed by atoms with Gasteiger partial charge < -0.3 is 4.74 Å². The Morgan fingerprint density at radius 3 is 2.40 bits per heavy atom. The summed E-state index contributed by atoms with van der Waals surface area (Å²) in [6.45, 7) is 4.16. The fraction of sp³-hybridized carbons (Fsp3) is 0.263. The molecule has 0 saturated heterocycles. The average molecular weight is 262 g/mol. The van der Waals surface area contributed by atoms with Crippen molar-refractivity contribution in [3.8, 4) is 11.8 Å². The lowest BCUT2D eigenvalue weighted by molar-refractivity contribution is 0.00665. The molecule has 2 aromatic carbocycles. The van der Waals surface area contributed by atoms with Crippen molar-refractivity contribution in [3.05, 3.63) is 70.8 Å². The van der Waals surface area contributed by atoms with Crippen LogP contribution in [0.5, 0.6) is 0 Å². The molecule has 1 aliphatic carbocycles. The van der Waals surface area contributed by atoms with Gasteiger partial charge in [0.2, 0.25) is 0 Å². The van der Waals surface area contributed by atoms with E-state index in [-0.39, 0.29) is 12.2 Å².